The number of nitrogens with two attached hydrogens (primary N) is 6. The molecule has 20 nitrogen and oxygen atoms in total. The van der Waals surface area contributed by atoms with Crippen molar-refractivity contribution in [2.45, 2.75) is 275 Å². The number of carbonyl (C=O) groups is 1. The predicted molar refractivity (Wildman–Crippen MR) is 667 cm³/mol. The smallest absolute Gasteiger partial charge is 0.333 e. The Balaban J connectivity index is -0.0000000454. The molecule has 0 bridgehead atoms. The van der Waals surface area contributed by atoms with E-state index in [0.29, 0.717) is 69.2 Å². The minimum Gasteiger partial charge on any atom is -0.458 e. The first-order chi connectivity index (χ1) is 56.3. The molecule has 2 atom stereocenters. The Morgan fingerprint density at radius 1 is 0.373 bits per heavy atom. The normalized spacial score (nSPS) is 10.7. The fraction of sp³-hybridized carbons (Fsp3) is 0.621. The number of rotatable bonds is 46. The third-order valence-electron chi connectivity index (χ3n) is 15.6. The lowest BCUT2D eigenvalue weighted by atomic mass is 10.2. The summed E-state index contributed by atoms with van der Waals surface area (Å²) >= 11 is 8.10. The Kier molecular flexibility index (Phi) is 201. The van der Waals surface area contributed by atoms with E-state index in [9.17, 15) is 4.79 Å². The van der Waals surface area contributed by atoms with Crippen LogP contribution in [0, 0.1) is 0 Å². The van der Waals surface area contributed by atoms with E-state index in [1.807, 2.05) is 48.5 Å². The van der Waals surface area contributed by atoms with Gasteiger partial charge in [-0.25, -0.2) is 4.79 Å². The molecule has 0 aliphatic carbocycles. The maximum absolute atomic E-state index is 10.9. The molecular formula is C103H244N12O8S2Si9. The Bertz CT molecular complexity index is 2780. The van der Waals surface area contributed by atoms with Gasteiger partial charge < -0.3 is 102 Å². The standard InChI is InChI=1S/2C13H21NOSi.C12H19NOSi.C10H18O2Si.3C8H20N2OSi.C6H14SSi.C5H12SSi.C3H9N.2CH5N.15CH4/c2*1-16(2,12-15)10-6-9-14-11-13-7-4-3-5-8-13;1-15(2,11-14)10-6-9-13-12-7-4-3-5-8-12;1-5-13(4)8-6-7-12-10(11)9(2)3;3*1-12(2,8-11)7-3-5-10-6-4-9;1-3-8(2)6-4-5-7;1-7(2)5-3-4-6;1-2-3-4;2*1-2;;;;;;;;;;;;;;;/h2*3-8,10,14-15H,9,11-12H2,1-2H3;3-8,10,13-14H,9,11H2,1-2H3;6,8,13H,2,5,7H2,1,3-4H3;3*3,7,10-11H,4-6,8-9H2,1-2H3;4,6-8H,3,5H2,1-2H3;3,5-7H,4H2,1-2H3;2-4H2,1H3;2*2H2,1H3;15*1H4. The molecule has 812 valence electrons. The number of aliphatic hydroxyl groups is 6. The Morgan fingerprint density at radius 3 is 0.813 bits per heavy atom. The first-order valence-corrected chi connectivity index (χ1v) is 71.7. The largest absolute Gasteiger partial charge is 0.458 e. The predicted octanol–water partition coefficient (Wildman–Crippen LogP) is 20.8. The van der Waals surface area contributed by atoms with Crippen LogP contribution < -0.4 is 66.3 Å². The van der Waals surface area contributed by atoms with Crippen LogP contribution in [-0.2, 0) is 22.6 Å². The van der Waals surface area contributed by atoms with Crippen LogP contribution in [0.25, 0.3) is 0 Å². The van der Waals surface area contributed by atoms with E-state index >= 15 is 0 Å². The number of hydrogen-bond acceptors (Lipinski definition) is 22. The van der Waals surface area contributed by atoms with Gasteiger partial charge in [-0.15, -0.1) is 11.4 Å². The molecule has 0 amide bonds. The maximum Gasteiger partial charge on any atom is 0.333 e. The topological polar surface area (TPSA) is 376 Å². The monoisotopic (exact) mass is 2090 g/mol. The number of anilines is 1. The fourth-order valence-corrected chi connectivity index (χ4v) is 15.7. The number of nitrogens with one attached hydrogen (secondary N) is 6. The highest BCUT2D eigenvalue weighted by molar-refractivity contribution is 7.80. The highest BCUT2D eigenvalue weighted by Crippen LogP contribution is 2.09. The van der Waals surface area contributed by atoms with E-state index in [2.05, 4.69) is 349 Å². The van der Waals surface area contributed by atoms with E-state index in [4.69, 9.17) is 58.3 Å². The van der Waals surface area contributed by atoms with E-state index < -0.39 is 74.8 Å². The molecule has 3 rings (SSSR count). The summed E-state index contributed by atoms with van der Waals surface area (Å²) in [5.41, 5.74) is 53.9. The van der Waals surface area contributed by atoms with Gasteiger partial charge in [0.1, 0.15) is 55.1 Å². The molecule has 31 heteroatoms. The molecule has 0 spiro atoms. The van der Waals surface area contributed by atoms with Crippen molar-refractivity contribution in [1.29, 1.82) is 0 Å². The molecule has 3 aromatic rings. The number of hydrogen-bond donors (Lipinski definition) is 20. The zero-order valence-electron chi connectivity index (χ0n) is 78.9. The van der Waals surface area contributed by atoms with Gasteiger partial charge in [-0.3, -0.25) is 0 Å². The number of carbonyl (C=O) groups excluding carboxylic acids is 1. The van der Waals surface area contributed by atoms with Crippen molar-refractivity contribution < 1.29 is 40.2 Å². The van der Waals surface area contributed by atoms with E-state index in [1.165, 1.54) is 37.3 Å². The molecule has 0 aliphatic rings. The van der Waals surface area contributed by atoms with E-state index in [-0.39, 0.29) is 117 Å². The van der Waals surface area contributed by atoms with E-state index in [0.717, 1.165) is 102 Å². The van der Waals surface area contributed by atoms with Crippen molar-refractivity contribution in [3.05, 3.63) is 220 Å². The van der Waals surface area contributed by atoms with Gasteiger partial charge >= 0.3 is 5.97 Å². The average Bonchev–Trinajstić information content (AvgIpc) is 0.956. The molecule has 0 heterocycles. The molecule has 24 N–H and O–H groups in total. The van der Waals surface area contributed by atoms with Gasteiger partial charge in [0, 0.05) is 152 Å². The van der Waals surface area contributed by atoms with Crippen molar-refractivity contribution in [3.63, 3.8) is 0 Å². The Labute approximate surface area is 862 Å². The SMILES string of the molecule is C.C.C.C.C.C.C.C.C.C.C.C.C.C.C.C=C(C)C(=O)OCC=C[SiH](C)CC.CCCN.CC[SiH](C)C=CCS.CN.CN.C[SiH](C)C=CCS.C[Si](C)(C=CCNCCN)CO.C[Si](C)(C=CCNCCN)CO.C[Si](C)(C=CCNCCN)CO.C[Si](C)(C=CCNCc1ccccc1)CO.C[Si](C)(C=CCNCc1ccccc1)CO.C[Si](C)(C=CCNc1ccccc1)CO. The summed E-state index contributed by atoms with van der Waals surface area (Å²) in [4.78, 5) is 10.9. The summed E-state index contributed by atoms with van der Waals surface area (Å²) in [7, 11) is -7.23. The molecule has 134 heavy (non-hydrogen) atoms. The number of para-hydroxylation sites is 1. The number of esters is 1. The fourth-order valence-electron chi connectivity index (χ4n) is 7.40. The lowest BCUT2D eigenvalue weighted by Crippen LogP contribution is -2.29. The van der Waals surface area contributed by atoms with Crippen LogP contribution >= 0.6 is 25.3 Å². The zero-order chi connectivity index (χ0) is 93.0. The molecule has 0 saturated carbocycles. The molecule has 3 aromatic carbocycles. The van der Waals surface area contributed by atoms with Crippen molar-refractivity contribution in [2.75, 3.05) is 160 Å². The lowest BCUT2D eigenvalue weighted by Gasteiger charge is -2.12. The van der Waals surface area contributed by atoms with Crippen LogP contribution in [0.4, 0.5) is 5.69 Å². The van der Waals surface area contributed by atoms with Crippen molar-refractivity contribution in [1.82, 2.24) is 26.6 Å². The van der Waals surface area contributed by atoms with Crippen LogP contribution in [0.15, 0.2) is 209 Å². The quantitative estimate of drug-likeness (QED) is 0.00821. The summed E-state index contributed by atoms with van der Waals surface area (Å²) in [6.45, 7) is 59.2. The number of benzene rings is 3. The molecule has 2 unspecified atom stereocenters. The highest BCUT2D eigenvalue weighted by atomic mass is 32.1. The lowest BCUT2D eigenvalue weighted by molar-refractivity contribution is -0.137. The van der Waals surface area contributed by atoms with Crippen LogP contribution in [-0.4, -0.2) is 266 Å². The van der Waals surface area contributed by atoms with Crippen LogP contribution in [0.5, 0.6) is 0 Å². The van der Waals surface area contributed by atoms with Crippen LogP contribution in [0.3, 0.4) is 0 Å². The summed E-state index contributed by atoms with van der Waals surface area (Å²) in [5.74, 6) is 1.48. The minimum atomic E-state index is -1.48. The zero-order valence-corrected chi connectivity index (χ0v) is 90.2. The third kappa shape index (κ3) is 165. The van der Waals surface area contributed by atoms with Crippen molar-refractivity contribution in [2.24, 2.45) is 34.4 Å². The second-order valence-corrected chi connectivity index (χ2v) is 69.8. The molecule has 0 radical (unpaired) electrons. The second kappa shape index (κ2) is 140. The summed E-state index contributed by atoms with van der Waals surface area (Å²) in [6.07, 6.45) is 21.8. The van der Waals surface area contributed by atoms with Gasteiger partial charge in [0.15, 0.2) is 0 Å². The number of aliphatic hydroxyl groups excluding tert-OH is 6. The summed E-state index contributed by atoms with van der Waals surface area (Å²) in [5, 5.41) is 73.7. The second-order valence-electron chi connectivity index (χ2n) is 32.1. The highest BCUT2D eigenvalue weighted by Gasteiger charge is 2.18. The average molecular weight is 2100 g/mol. The van der Waals surface area contributed by atoms with Gasteiger partial charge in [-0.05, 0) is 57.2 Å². The summed E-state index contributed by atoms with van der Waals surface area (Å²) < 4.78 is 4.90. The first-order valence-electron chi connectivity index (χ1n) is 42.5. The number of ether oxygens (including phenoxy) is 1. The van der Waals surface area contributed by atoms with Gasteiger partial charge in [0.2, 0.25) is 0 Å². The molecule has 0 fully saturated rings. The van der Waals surface area contributed by atoms with Crippen LogP contribution in [0.2, 0.25) is 117 Å². The summed E-state index contributed by atoms with van der Waals surface area (Å²) in [6, 6.07) is 33.4. The molecule has 0 aromatic heterocycles. The Morgan fingerprint density at radius 2 is 0.604 bits per heavy atom. The van der Waals surface area contributed by atoms with Gasteiger partial charge in [-0.1, -0.05) is 429 Å². The van der Waals surface area contributed by atoms with Crippen molar-refractivity contribution in [3.8, 4) is 0 Å². The molecular weight excluding hydrogens is 1850 g/mol. The molecule has 0 aliphatic heterocycles. The van der Waals surface area contributed by atoms with Gasteiger partial charge in [0.25, 0.3) is 0 Å². The third-order valence-corrected chi connectivity index (χ3v) is 33.2. The van der Waals surface area contributed by atoms with Crippen LogP contribution in [0.1, 0.15) is 157 Å². The van der Waals surface area contributed by atoms with Gasteiger partial charge in [0.05, 0.1) is 26.4 Å². The Hall–Kier alpha value is -3.70. The maximum atomic E-state index is 10.9. The number of thiol groups is 2. The van der Waals surface area contributed by atoms with Gasteiger partial charge in [-0.2, -0.15) is 25.3 Å². The first kappa shape index (κ1) is 193. The van der Waals surface area contributed by atoms with Crippen molar-refractivity contribution >= 4 is 112 Å². The minimum absolute atomic E-state index is 0. The van der Waals surface area contributed by atoms with E-state index in [1.54, 1.807) is 6.92 Å². The molecule has 0 saturated heterocycles.